The molecule has 7 heteroatoms. The topological polar surface area (TPSA) is 80.3 Å². The van der Waals surface area contributed by atoms with Crippen molar-refractivity contribution >= 4 is 11.9 Å². The first-order chi connectivity index (χ1) is 15.3. The molecule has 32 heavy (non-hydrogen) atoms. The summed E-state index contributed by atoms with van der Waals surface area (Å²) in [6, 6.07) is 8.17. The third-order valence-corrected chi connectivity index (χ3v) is 5.81. The summed E-state index contributed by atoms with van der Waals surface area (Å²) >= 11 is 0. The lowest BCUT2D eigenvalue weighted by atomic mass is 9.89. The molecule has 0 saturated carbocycles. The van der Waals surface area contributed by atoms with Gasteiger partial charge in [-0.05, 0) is 43.4 Å². The summed E-state index contributed by atoms with van der Waals surface area (Å²) in [5, 5.41) is 0. The highest BCUT2D eigenvalue weighted by Crippen LogP contribution is 2.32. The normalized spacial score (nSPS) is 25.2. The maximum absolute atomic E-state index is 11.7. The number of unbranched alkanes of at least 4 members (excludes halogenated alkanes) is 3. The van der Waals surface area contributed by atoms with Crippen LogP contribution in [0.15, 0.2) is 24.3 Å². The Hall–Kier alpha value is -2.12. The molecule has 0 bridgehead atoms. The second-order valence-electron chi connectivity index (χ2n) is 8.34. The van der Waals surface area contributed by atoms with E-state index in [0.717, 1.165) is 44.3 Å². The van der Waals surface area contributed by atoms with E-state index in [1.807, 2.05) is 26.0 Å². The van der Waals surface area contributed by atoms with Gasteiger partial charge in [0.05, 0.1) is 13.2 Å². The molecule has 1 heterocycles. The summed E-state index contributed by atoms with van der Waals surface area (Å²) in [6.45, 7) is 7.13. The number of rotatable bonds is 12. The van der Waals surface area contributed by atoms with Crippen LogP contribution < -0.4 is 4.74 Å². The van der Waals surface area contributed by atoms with Crippen LogP contribution in [0.1, 0.15) is 65.4 Å². The van der Waals surface area contributed by atoms with Crippen molar-refractivity contribution in [3.63, 3.8) is 0 Å². The van der Waals surface area contributed by atoms with Crippen LogP contribution in [0.4, 0.5) is 0 Å². The molecular formula is C25H38O7. The predicted molar refractivity (Wildman–Crippen MR) is 120 cm³/mol. The van der Waals surface area contributed by atoms with Crippen LogP contribution in [-0.2, 0) is 35.0 Å². The van der Waals surface area contributed by atoms with Gasteiger partial charge in [0.2, 0.25) is 0 Å². The van der Waals surface area contributed by atoms with E-state index < -0.39 is 30.4 Å². The molecule has 180 valence electrons. The van der Waals surface area contributed by atoms with E-state index in [4.69, 9.17) is 23.7 Å². The number of hydrogen-bond acceptors (Lipinski definition) is 7. The maximum Gasteiger partial charge on any atom is 0.303 e. The van der Waals surface area contributed by atoms with Crippen LogP contribution >= 0.6 is 0 Å². The van der Waals surface area contributed by atoms with E-state index in [-0.39, 0.29) is 12.0 Å². The van der Waals surface area contributed by atoms with Gasteiger partial charge < -0.3 is 23.7 Å². The molecule has 1 aliphatic heterocycles. The fourth-order valence-electron chi connectivity index (χ4n) is 4.10. The summed E-state index contributed by atoms with van der Waals surface area (Å²) in [6.07, 6.45) is 3.63. The predicted octanol–water partition coefficient (Wildman–Crippen LogP) is 4.45. The molecule has 0 N–H and O–H groups in total. The molecule has 0 radical (unpaired) electrons. The van der Waals surface area contributed by atoms with Gasteiger partial charge in [0.25, 0.3) is 0 Å². The lowest BCUT2D eigenvalue weighted by molar-refractivity contribution is -0.290. The minimum Gasteiger partial charge on any atom is -0.497 e. The molecule has 1 aliphatic rings. The van der Waals surface area contributed by atoms with E-state index in [2.05, 4.69) is 12.1 Å². The van der Waals surface area contributed by atoms with Crippen molar-refractivity contribution in [3.8, 4) is 5.75 Å². The first-order valence-corrected chi connectivity index (χ1v) is 11.6. The molecule has 0 aliphatic carbocycles. The van der Waals surface area contributed by atoms with Crippen LogP contribution in [0.5, 0.6) is 5.75 Å². The van der Waals surface area contributed by atoms with Crippen molar-refractivity contribution in [2.45, 2.75) is 90.8 Å². The van der Waals surface area contributed by atoms with Gasteiger partial charge in [-0.25, -0.2) is 0 Å². The monoisotopic (exact) mass is 450 g/mol. The van der Waals surface area contributed by atoms with Crippen LogP contribution in [0.2, 0.25) is 0 Å². The van der Waals surface area contributed by atoms with Crippen molar-refractivity contribution in [2.24, 2.45) is 5.92 Å². The molecule has 7 nitrogen and oxygen atoms in total. The zero-order valence-corrected chi connectivity index (χ0v) is 20.0. The van der Waals surface area contributed by atoms with E-state index in [1.165, 1.54) is 19.4 Å². The second-order valence-corrected chi connectivity index (χ2v) is 8.34. The minimum absolute atomic E-state index is 0.106. The van der Waals surface area contributed by atoms with Crippen LogP contribution in [0, 0.1) is 5.92 Å². The summed E-state index contributed by atoms with van der Waals surface area (Å²) < 4.78 is 28.2. The summed E-state index contributed by atoms with van der Waals surface area (Å²) in [5.41, 5.74) is 1.30. The van der Waals surface area contributed by atoms with Gasteiger partial charge in [-0.3, -0.25) is 9.59 Å². The number of carbonyl (C=O) groups is 2. The number of methoxy groups -OCH3 is 1. The average molecular weight is 451 g/mol. The molecule has 1 aromatic carbocycles. The first-order valence-electron chi connectivity index (χ1n) is 11.6. The summed E-state index contributed by atoms with van der Waals surface area (Å²) in [4.78, 5) is 23.3. The average Bonchev–Trinajstić information content (AvgIpc) is 2.76. The van der Waals surface area contributed by atoms with Crippen molar-refractivity contribution in [2.75, 3.05) is 13.7 Å². The molecule has 0 spiro atoms. The third kappa shape index (κ3) is 8.10. The van der Waals surface area contributed by atoms with Crippen LogP contribution in [0.25, 0.3) is 0 Å². The maximum atomic E-state index is 11.7. The van der Waals surface area contributed by atoms with Gasteiger partial charge in [0.15, 0.2) is 12.4 Å². The molecule has 5 atom stereocenters. The Balaban J connectivity index is 1.80. The summed E-state index contributed by atoms with van der Waals surface area (Å²) in [5.74, 6) is -0.0963. The molecule has 2 rings (SSSR count). The quantitative estimate of drug-likeness (QED) is 0.344. The highest BCUT2D eigenvalue weighted by atomic mass is 16.7. The van der Waals surface area contributed by atoms with Crippen molar-refractivity contribution in [1.82, 2.24) is 0 Å². The van der Waals surface area contributed by atoms with Crippen LogP contribution in [0.3, 0.4) is 0 Å². The van der Waals surface area contributed by atoms with Gasteiger partial charge >= 0.3 is 11.9 Å². The lowest BCUT2D eigenvalue weighted by Gasteiger charge is -2.43. The highest BCUT2D eigenvalue weighted by Gasteiger charge is 2.47. The lowest BCUT2D eigenvalue weighted by Crippen LogP contribution is -2.57. The Morgan fingerprint density at radius 3 is 2.16 bits per heavy atom. The third-order valence-electron chi connectivity index (χ3n) is 5.81. The van der Waals surface area contributed by atoms with Crippen LogP contribution in [-0.4, -0.2) is 50.3 Å². The fourth-order valence-corrected chi connectivity index (χ4v) is 4.10. The second kappa shape index (κ2) is 13.4. The first kappa shape index (κ1) is 26.1. The van der Waals surface area contributed by atoms with Crippen molar-refractivity contribution in [3.05, 3.63) is 29.8 Å². The van der Waals surface area contributed by atoms with E-state index in [9.17, 15) is 9.59 Å². The Morgan fingerprint density at radius 2 is 1.56 bits per heavy atom. The standard InChI is InChI=1S/C25H38O7/c1-6-22-17(2)23(30-18(3)26)24(31-19(4)27)25(32-22)29-16-10-8-7-9-11-20-12-14-21(28-5)15-13-20/h12-15,17,22-25H,6-11,16H2,1-5H3/t17-,22-,23+,24-,25-/m1/s1. The SMILES string of the molecule is CC[C@H]1O[C@@H](OCCCCCCc2ccc(OC)cc2)[C@H](OC(C)=O)[C@@H](OC(C)=O)[C@@H]1C. The molecule has 1 saturated heterocycles. The molecule has 0 aromatic heterocycles. The molecular weight excluding hydrogens is 412 g/mol. The van der Waals surface area contributed by atoms with Gasteiger partial charge in [-0.2, -0.15) is 0 Å². The fraction of sp³-hybridized carbons (Fsp3) is 0.680. The van der Waals surface area contributed by atoms with Gasteiger partial charge in [0.1, 0.15) is 11.9 Å². The van der Waals surface area contributed by atoms with E-state index in [1.54, 1.807) is 7.11 Å². The van der Waals surface area contributed by atoms with Gasteiger partial charge in [-0.1, -0.05) is 38.8 Å². The van der Waals surface area contributed by atoms with Crippen molar-refractivity contribution in [1.29, 1.82) is 0 Å². The Kier molecular flexibility index (Phi) is 11.0. The number of aryl methyl sites for hydroxylation is 1. The Morgan fingerprint density at radius 1 is 0.938 bits per heavy atom. The molecule has 0 amide bonds. The largest absolute Gasteiger partial charge is 0.497 e. The number of esters is 2. The van der Waals surface area contributed by atoms with Crippen molar-refractivity contribution < 1.29 is 33.3 Å². The zero-order valence-electron chi connectivity index (χ0n) is 20.0. The molecule has 0 unspecified atom stereocenters. The minimum atomic E-state index is -0.774. The zero-order chi connectivity index (χ0) is 23.5. The van der Waals surface area contributed by atoms with Gasteiger partial charge in [-0.15, -0.1) is 0 Å². The van der Waals surface area contributed by atoms with E-state index >= 15 is 0 Å². The smallest absolute Gasteiger partial charge is 0.303 e. The van der Waals surface area contributed by atoms with Gasteiger partial charge in [0, 0.05) is 26.4 Å². The number of hydrogen-bond donors (Lipinski definition) is 0. The summed E-state index contributed by atoms with van der Waals surface area (Å²) in [7, 11) is 1.67. The number of benzene rings is 1. The molecule has 1 fully saturated rings. The molecule has 1 aromatic rings. The number of ether oxygens (including phenoxy) is 5. The highest BCUT2D eigenvalue weighted by molar-refractivity contribution is 5.67. The number of carbonyl (C=O) groups excluding carboxylic acids is 2. The Bertz CT molecular complexity index is 703. The Labute approximate surface area is 191 Å². The van der Waals surface area contributed by atoms with E-state index in [0.29, 0.717) is 6.61 Å².